The average molecular weight is 318 g/mol. The maximum Gasteiger partial charge on any atom is 0.426 e. The Morgan fingerprint density at radius 3 is 1.75 bits per heavy atom. The Bertz CT molecular complexity index is 350. The highest BCUT2D eigenvalue weighted by atomic mass is 19.4. The molecule has 0 unspecified atom stereocenters. The van der Waals surface area contributed by atoms with Gasteiger partial charge in [-0.15, -0.1) is 0 Å². The quantitative estimate of drug-likeness (QED) is 0.534. The molecule has 11 heteroatoms. The van der Waals surface area contributed by atoms with Gasteiger partial charge in [-0.1, -0.05) is 0 Å². The van der Waals surface area contributed by atoms with Gasteiger partial charge in [0.05, 0.1) is 20.1 Å². The smallest absolute Gasteiger partial charge is 0.426 e. The summed E-state index contributed by atoms with van der Waals surface area (Å²) in [7, 11) is 0.848. The number of carbonyl (C=O) groups excluding carboxylic acids is 1. The van der Waals surface area contributed by atoms with Gasteiger partial charge in [0.25, 0.3) is 0 Å². The van der Waals surface area contributed by atoms with Gasteiger partial charge in [-0.25, -0.2) is 0 Å². The predicted molar refractivity (Wildman–Crippen MR) is 48.0 cm³/mol. The fourth-order valence-electron chi connectivity index (χ4n) is 0.914. The van der Waals surface area contributed by atoms with Crippen LogP contribution in [-0.4, -0.2) is 43.6 Å². The van der Waals surface area contributed by atoms with Gasteiger partial charge in [-0.2, -0.15) is 35.1 Å². The lowest BCUT2D eigenvalue weighted by atomic mass is 10.1. The third-order valence-electron chi connectivity index (χ3n) is 2.13. The molecule has 120 valence electrons. The lowest BCUT2D eigenvalue weighted by molar-refractivity contribution is -0.425. The van der Waals surface area contributed by atoms with Gasteiger partial charge in [0.2, 0.25) is 0 Å². The highest BCUT2D eigenvalue weighted by Gasteiger charge is 2.80. The van der Waals surface area contributed by atoms with Crippen molar-refractivity contribution >= 4 is 5.97 Å². The second-order valence-electron chi connectivity index (χ2n) is 3.73. The monoisotopic (exact) mass is 318 g/mol. The standard InChI is InChI=1S/C9H10F8O3/c1-6(10,11)7(12,13)8(14,15)9(16,17)20-4-3-5(18)19-2/h3-4H2,1-2H3. The first kappa shape index (κ1) is 18.9. The van der Waals surface area contributed by atoms with Gasteiger partial charge in [-0.05, 0) is 0 Å². The van der Waals surface area contributed by atoms with Crippen molar-refractivity contribution in [3.05, 3.63) is 0 Å². The first-order chi connectivity index (χ1) is 8.70. The average Bonchev–Trinajstić information content (AvgIpc) is 2.26. The van der Waals surface area contributed by atoms with E-state index < -0.39 is 49.8 Å². The number of rotatable bonds is 7. The lowest BCUT2D eigenvalue weighted by Gasteiger charge is -2.34. The summed E-state index contributed by atoms with van der Waals surface area (Å²) in [5.74, 6) is -19.4. The molecule has 0 aliphatic rings. The van der Waals surface area contributed by atoms with Crippen molar-refractivity contribution in [2.24, 2.45) is 0 Å². The van der Waals surface area contributed by atoms with Crippen LogP contribution in [0.5, 0.6) is 0 Å². The van der Waals surface area contributed by atoms with Crippen molar-refractivity contribution in [3.63, 3.8) is 0 Å². The highest BCUT2D eigenvalue weighted by Crippen LogP contribution is 2.52. The number of alkyl halides is 8. The van der Waals surface area contributed by atoms with Crippen LogP contribution in [0, 0.1) is 0 Å². The van der Waals surface area contributed by atoms with Gasteiger partial charge in [-0.3, -0.25) is 4.79 Å². The number of methoxy groups -OCH3 is 1. The maximum atomic E-state index is 12.9. The second kappa shape index (κ2) is 5.70. The molecule has 0 aromatic heterocycles. The van der Waals surface area contributed by atoms with E-state index in [1.54, 1.807) is 0 Å². The Morgan fingerprint density at radius 2 is 1.40 bits per heavy atom. The predicted octanol–water partition coefficient (Wildman–Crippen LogP) is 3.08. The van der Waals surface area contributed by atoms with E-state index in [0.717, 1.165) is 7.11 Å². The van der Waals surface area contributed by atoms with Gasteiger partial charge < -0.3 is 9.47 Å². The SMILES string of the molecule is COC(=O)CCOC(F)(F)C(F)(F)C(F)(F)C(C)(F)F. The van der Waals surface area contributed by atoms with Crippen LogP contribution in [0.25, 0.3) is 0 Å². The Morgan fingerprint density at radius 1 is 0.950 bits per heavy atom. The van der Waals surface area contributed by atoms with E-state index in [9.17, 15) is 39.9 Å². The van der Waals surface area contributed by atoms with E-state index in [4.69, 9.17) is 0 Å². The van der Waals surface area contributed by atoms with Crippen molar-refractivity contribution in [2.45, 2.75) is 37.2 Å². The Kier molecular flexibility index (Phi) is 5.38. The highest BCUT2D eigenvalue weighted by molar-refractivity contribution is 5.69. The number of esters is 1. The van der Waals surface area contributed by atoms with Gasteiger partial charge >= 0.3 is 29.8 Å². The van der Waals surface area contributed by atoms with Crippen molar-refractivity contribution in [1.29, 1.82) is 0 Å². The zero-order valence-corrected chi connectivity index (χ0v) is 10.2. The van der Waals surface area contributed by atoms with E-state index in [2.05, 4.69) is 9.47 Å². The van der Waals surface area contributed by atoms with Crippen LogP contribution in [0.4, 0.5) is 35.1 Å². The van der Waals surface area contributed by atoms with E-state index in [1.807, 2.05) is 0 Å². The first-order valence-corrected chi connectivity index (χ1v) is 4.92. The fourth-order valence-corrected chi connectivity index (χ4v) is 0.914. The molecular weight excluding hydrogens is 308 g/mol. The molecule has 0 heterocycles. The number of hydrogen-bond donors (Lipinski definition) is 0. The van der Waals surface area contributed by atoms with Crippen LogP contribution < -0.4 is 0 Å². The summed E-state index contributed by atoms with van der Waals surface area (Å²) in [5.41, 5.74) is 0. The lowest BCUT2D eigenvalue weighted by Crippen LogP contribution is -2.62. The molecule has 3 nitrogen and oxygen atoms in total. The molecule has 0 atom stereocenters. The summed E-state index contributed by atoms with van der Waals surface area (Å²) >= 11 is 0. The minimum Gasteiger partial charge on any atom is -0.469 e. The molecule has 0 saturated carbocycles. The van der Waals surface area contributed by atoms with E-state index >= 15 is 0 Å². The van der Waals surface area contributed by atoms with Crippen molar-refractivity contribution in [3.8, 4) is 0 Å². The number of hydrogen-bond acceptors (Lipinski definition) is 3. The zero-order chi connectivity index (χ0) is 16.4. The van der Waals surface area contributed by atoms with Crippen molar-refractivity contribution in [2.75, 3.05) is 13.7 Å². The van der Waals surface area contributed by atoms with Crippen molar-refractivity contribution in [1.82, 2.24) is 0 Å². The summed E-state index contributed by atoms with van der Waals surface area (Å²) in [6, 6.07) is 0. The number of halogens is 8. The molecule has 0 rings (SSSR count). The molecule has 0 aliphatic carbocycles. The molecule has 0 aromatic carbocycles. The van der Waals surface area contributed by atoms with Gasteiger partial charge in [0.15, 0.2) is 0 Å². The van der Waals surface area contributed by atoms with E-state index in [0.29, 0.717) is 0 Å². The molecule has 0 spiro atoms. The molecule has 0 N–H and O–H groups in total. The molecule has 0 fully saturated rings. The zero-order valence-electron chi connectivity index (χ0n) is 10.2. The third kappa shape index (κ3) is 3.49. The minimum atomic E-state index is -6.48. The Balaban J connectivity index is 5.03. The summed E-state index contributed by atoms with van der Waals surface area (Å²) in [5, 5.41) is 0. The summed E-state index contributed by atoms with van der Waals surface area (Å²) in [6.07, 6.45) is -6.85. The van der Waals surface area contributed by atoms with Crippen LogP contribution in [0.15, 0.2) is 0 Å². The normalized spacial score (nSPS) is 14.3. The van der Waals surface area contributed by atoms with Crippen LogP contribution in [-0.2, 0) is 14.3 Å². The Labute approximate surface area is 107 Å². The topological polar surface area (TPSA) is 35.5 Å². The van der Waals surface area contributed by atoms with Crippen LogP contribution >= 0.6 is 0 Å². The van der Waals surface area contributed by atoms with Crippen LogP contribution in [0.3, 0.4) is 0 Å². The largest absolute Gasteiger partial charge is 0.469 e. The molecule has 0 bridgehead atoms. The number of carbonyl (C=O) groups is 1. The fraction of sp³-hybridized carbons (Fsp3) is 0.889. The molecule has 0 radical (unpaired) electrons. The Hall–Kier alpha value is -1.13. The molecular formula is C9H10F8O3. The maximum absolute atomic E-state index is 12.9. The van der Waals surface area contributed by atoms with Crippen LogP contribution in [0.1, 0.15) is 13.3 Å². The second-order valence-corrected chi connectivity index (χ2v) is 3.73. The van der Waals surface area contributed by atoms with Gasteiger partial charge in [0.1, 0.15) is 0 Å². The molecule has 0 aromatic rings. The summed E-state index contributed by atoms with van der Waals surface area (Å²) < 4.78 is 109. The molecule has 0 saturated heterocycles. The molecule has 0 aliphatic heterocycles. The van der Waals surface area contributed by atoms with E-state index in [-0.39, 0.29) is 0 Å². The minimum absolute atomic E-state index is 0.633. The van der Waals surface area contributed by atoms with Crippen molar-refractivity contribution < 1.29 is 49.4 Å². The first-order valence-electron chi connectivity index (χ1n) is 4.92. The molecule has 0 amide bonds. The van der Waals surface area contributed by atoms with E-state index in [1.165, 1.54) is 0 Å². The summed E-state index contributed by atoms with van der Waals surface area (Å²) in [6.45, 7) is -2.05. The summed E-state index contributed by atoms with van der Waals surface area (Å²) in [4.78, 5) is 10.5. The van der Waals surface area contributed by atoms with Crippen LogP contribution in [0.2, 0.25) is 0 Å². The number of ether oxygens (including phenoxy) is 2. The molecule has 20 heavy (non-hydrogen) atoms. The van der Waals surface area contributed by atoms with Gasteiger partial charge in [0, 0.05) is 6.92 Å². The third-order valence-corrected chi connectivity index (χ3v) is 2.13.